The van der Waals surface area contributed by atoms with Gasteiger partial charge in [-0.15, -0.1) is 13.2 Å². The zero-order valence-electron chi connectivity index (χ0n) is 10.9. The number of carbonyl (C=O) groups is 1. The van der Waals surface area contributed by atoms with Gasteiger partial charge >= 0.3 is 12.3 Å². The van der Waals surface area contributed by atoms with Gasteiger partial charge in [-0.25, -0.2) is 0 Å². The molecule has 1 aromatic carbocycles. The number of rotatable bonds is 4. The summed E-state index contributed by atoms with van der Waals surface area (Å²) in [6, 6.07) is 4.13. The average molecular weight is 287 g/mol. The van der Waals surface area contributed by atoms with E-state index in [-0.39, 0.29) is 18.6 Å². The third kappa shape index (κ3) is 4.46. The van der Waals surface area contributed by atoms with Crippen LogP contribution in [0.1, 0.15) is 23.6 Å². The van der Waals surface area contributed by atoms with Crippen LogP contribution in [0, 0.1) is 18.3 Å². The van der Waals surface area contributed by atoms with E-state index in [1.165, 1.54) is 13.0 Å². The monoisotopic (exact) mass is 287 g/mol. The molecule has 0 unspecified atom stereocenters. The second-order valence-electron chi connectivity index (χ2n) is 3.93. The topological polar surface area (TPSA) is 59.3 Å². The third-order valence-corrected chi connectivity index (χ3v) is 2.35. The van der Waals surface area contributed by atoms with Crippen molar-refractivity contribution in [2.24, 2.45) is 0 Å². The van der Waals surface area contributed by atoms with Crippen LogP contribution >= 0.6 is 0 Å². The maximum atomic E-state index is 12.3. The highest BCUT2D eigenvalue weighted by atomic mass is 19.4. The molecule has 0 amide bonds. The van der Waals surface area contributed by atoms with Gasteiger partial charge in [0.25, 0.3) is 0 Å². The molecule has 0 spiro atoms. The van der Waals surface area contributed by atoms with Gasteiger partial charge in [-0.05, 0) is 31.0 Å². The van der Waals surface area contributed by atoms with Gasteiger partial charge in [0.15, 0.2) is 0 Å². The van der Waals surface area contributed by atoms with Gasteiger partial charge in [-0.3, -0.25) is 4.79 Å². The number of carbonyl (C=O) groups excluding carboxylic acids is 1. The van der Waals surface area contributed by atoms with Crippen LogP contribution in [0.2, 0.25) is 0 Å². The fraction of sp³-hybridized carbons (Fsp3) is 0.385. The van der Waals surface area contributed by atoms with Crippen LogP contribution in [0.3, 0.4) is 0 Å². The van der Waals surface area contributed by atoms with Crippen molar-refractivity contribution < 1.29 is 27.4 Å². The number of hydrogen-bond acceptors (Lipinski definition) is 4. The molecule has 1 aromatic rings. The van der Waals surface area contributed by atoms with E-state index in [1.807, 2.05) is 0 Å². The summed E-state index contributed by atoms with van der Waals surface area (Å²) >= 11 is 0. The first-order chi connectivity index (χ1) is 9.26. The number of alkyl halides is 3. The number of nitriles is 1. The van der Waals surface area contributed by atoms with E-state index < -0.39 is 18.1 Å². The van der Waals surface area contributed by atoms with Crippen molar-refractivity contribution in [3.05, 3.63) is 28.8 Å². The van der Waals surface area contributed by atoms with Gasteiger partial charge < -0.3 is 9.47 Å². The lowest BCUT2D eigenvalue weighted by molar-refractivity contribution is -0.274. The van der Waals surface area contributed by atoms with Gasteiger partial charge in [-0.2, -0.15) is 5.26 Å². The zero-order chi connectivity index (χ0) is 15.3. The Morgan fingerprint density at radius 2 is 2.05 bits per heavy atom. The summed E-state index contributed by atoms with van der Waals surface area (Å²) in [5.41, 5.74) is 0.377. The van der Waals surface area contributed by atoms with Crippen molar-refractivity contribution >= 4 is 5.97 Å². The molecule has 0 aliphatic heterocycles. The predicted molar refractivity (Wildman–Crippen MR) is 62.9 cm³/mol. The van der Waals surface area contributed by atoms with Crippen LogP contribution < -0.4 is 4.74 Å². The van der Waals surface area contributed by atoms with E-state index in [0.29, 0.717) is 11.1 Å². The van der Waals surface area contributed by atoms with Crippen LogP contribution in [-0.4, -0.2) is 18.9 Å². The van der Waals surface area contributed by atoms with E-state index in [0.717, 1.165) is 6.07 Å². The molecule has 0 aliphatic carbocycles. The summed E-state index contributed by atoms with van der Waals surface area (Å²) in [5.74, 6) is -1.17. The molecule has 0 aliphatic rings. The zero-order valence-corrected chi connectivity index (χ0v) is 10.9. The number of benzene rings is 1. The largest absolute Gasteiger partial charge is 0.573 e. The molecule has 0 saturated heterocycles. The van der Waals surface area contributed by atoms with E-state index in [2.05, 4.69) is 4.74 Å². The van der Waals surface area contributed by atoms with E-state index in [9.17, 15) is 18.0 Å². The Morgan fingerprint density at radius 3 is 2.55 bits per heavy atom. The van der Waals surface area contributed by atoms with Crippen molar-refractivity contribution in [3.63, 3.8) is 0 Å². The van der Waals surface area contributed by atoms with Gasteiger partial charge in [0.1, 0.15) is 11.8 Å². The van der Waals surface area contributed by atoms with Crippen molar-refractivity contribution in [1.82, 2.24) is 0 Å². The van der Waals surface area contributed by atoms with Gasteiger partial charge in [-0.1, -0.05) is 6.07 Å². The minimum absolute atomic E-state index is 0.181. The Labute approximate surface area is 113 Å². The predicted octanol–water partition coefficient (Wildman–Crippen LogP) is 2.87. The van der Waals surface area contributed by atoms with Crippen LogP contribution in [0.25, 0.3) is 0 Å². The minimum Gasteiger partial charge on any atom is -0.466 e. The Kier molecular flexibility index (Phi) is 4.97. The van der Waals surface area contributed by atoms with Gasteiger partial charge in [0.2, 0.25) is 0 Å². The summed E-state index contributed by atoms with van der Waals surface area (Å²) in [4.78, 5) is 11.3. The minimum atomic E-state index is -4.90. The Hall–Kier alpha value is -2.23. The summed E-state index contributed by atoms with van der Waals surface area (Å²) < 4.78 is 45.4. The SMILES string of the molecule is CCOC(=O)Cc1cc(C)c(C#N)c(OC(F)(F)F)c1. The molecule has 7 heteroatoms. The molecule has 0 bridgehead atoms. The second-order valence-corrected chi connectivity index (χ2v) is 3.93. The molecular weight excluding hydrogens is 275 g/mol. The Balaban J connectivity index is 3.12. The molecule has 1 rings (SSSR count). The first-order valence-electron chi connectivity index (χ1n) is 5.71. The van der Waals surface area contributed by atoms with Crippen molar-refractivity contribution in [2.45, 2.75) is 26.6 Å². The third-order valence-electron chi connectivity index (χ3n) is 2.35. The molecule has 0 fully saturated rings. The molecule has 0 radical (unpaired) electrons. The quantitative estimate of drug-likeness (QED) is 0.799. The molecule has 108 valence electrons. The van der Waals surface area contributed by atoms with Gasteiger partial charge in [0.05, 0.1) is 18.6 Å². The Morgan fingerprint density at radius 1 is 1.40 bits per heavy atom. The highest BCUT2D eigenvalue weighted by Crippen LogP contribution is 2.29. The number of esters is 1. The summed E-state index contributed by atoms with van der Waals surface area (Å²) in [6.45, 7) is 3.27. The lowest BCUT2D eigenvalue weighted by Crippen LogP contribution is -2.18. The number of hydrogen-bond donors (Lipinski definition) is 0. The summed E-state index contributed by atoms with van der Waals surface area (Å²) in [5, 5.41) is 8.86. The molecular formula is C13H12F3NO3. The lowest BCUT2D eigenvalue weighted by atomic mass is 10.0. The number of aryl methyl sites for hydroxylation is 1. The fourth-order valence-corrected chi connectivity index (χ4v) is 1.66. The van der Waals surface area contributed by atoms with E-state index >= 15 is 0 Å². The maximum Gasteiger partial charge on any atom is 0.573 e. The first kappa shape index (κ1) is 15.8. The van der Waals surface area contributed by atoms with E-state index in [4.69, 9.17) is 10.00 Å². The van der Waals surface area contributed by atoms with Crippen LogP contribution in [0.15, 0.2) is 12.1 Å². The fourth-order valence-electron chi connectivity index (χ4n) is 1.66. The molecule has 0 saturated carbocycles. The smallest absolute Gasteiger partial charge is 0.466 e. The van der Waals surface area contributed by atoms with Crippen LogP contribution in [-0.2, 0) is 16.0 Å². The number of nitrogens with zero attached hydrogens (tertiary/aromatic N) is 1. The second kappa shape index (κ2) is 6.28. The average Bonchev–Trinajstić information content (AvgIpc) is 2.26. The molecule has 4 nitrogen and oxygen atoms in total. The maximum absolute atomic E-state index is 12.3. The van der Waals surface area contributed by atoms with Crippen molar-refractivity contribution in [3.8, 4) is 11.8 Å². The number of ether oxygens (including phenoxy) is 2. The van der Waals surface area contributed by atoms with Crippen LogP contribution in [0.4, 0.5) is 13.2 Å². The molecule has 20 heavy (non-hydrogen) atoms. The lowest BCUT2D eigenvalue weighted by Gasteiger charge is -2.13. The Bertz CT molecular complexity index is 547. The number of halogens is 3. The highest BCUT2D eigenvalue weighted by molar-refractivity contribution is 5.73. The molecule has 0 heterocycles. The molecule has 0 aromatic heterocycles. The van der Waals surface area contributed by atoms with Crippen molar-refractivity contribution in [1.29, 1.82) is 5.26 Å². The van der Waals surface area contributed by atoms with Gasteiger partial charge in [0, 0.05) is 0 Å². The van der Waals surface area contributed by atoms with E-state index in [1.54, 1.807) is 13.0 Å². The van der Waals surface area contributed by atoms with Crippen molar-refractivity contribution in [2.75, 3.05) is 6.61 Å². The summed E-state index contributed by atoms with van der Waals surface area (Å²) in [7, 11) is 0. The summed E-state index contributed by atoms with van der Waals surface area (Å²) in [6.07, 6.45) is -5.09. The first-order valence-corrected chi connectivity index (χ1v) is 5.71. The van der Waals surface area contributed by atoms with Crippen LogP contribution in [0.5, 0.6) is 5.75 Å². The standard InChI is InChI=1S/C13H12F3NO3/c1-3-19-12(18)6-9-4-8(2)10(7-17)11(5-9)20-13(14,15)16/h4-5H,3,6H2,1-2H3. The molecule has 0 N–H and O–H groups in total. The highest BCUT2D eigenvalue weighted by Gasteiger charge is 2.32. The molecule has 0 atom stereocenters. The normalized spacial score (nSPS) is 10.8.